The van der Waals surface area contributed by atoms with E-state index in [0.29, 0.717) is 31.1 Å². The van der Waals surface area contributed by atoms with Crippen LogP contribution < -0.4 is 9.47 Å². The number of rotatable bonds is 6. The molecule has 2 atom stereocenters. The van der Waals surface area contributed by atoms with Gasteiger partial charge in [-0.25, -0.2) is 0 Å². The Morgan fingerprint density at radius 3 is 2.67 bits per heavy atom. The van der Waals surface area contributed by atoms with Crippen LogP contribution in [0.2, 0.25) is 0 Å². The Hall–Kier alpha value is -3.48. The molecule has 2 aliphatic rings. The molecule has 2 aromatic carbocycles. The van der Waals surface area contributed by atoms with E-state index in [1.807, 2.05) is 50.2 Å². The number of aromatic nitrogens is 1. The van der Waals surface area contributed by atoms with Crippen molar-refractivity contribution in [2.75, 3.05) is 26.8 Å². The number of ether oxygens (including phenoxy) is 2. The number of nitrogens with one attached hydrogen (secondary N) is 1. The van der Waals surface area contributed by atoms with Gasteiger partial charge in [-0.2, -0.15) is 0 Å². The summed E-state index contributed by atoms with van der Waals surface area (Å²) < 4.78 is 11.3. The lowest BCUT2D eigenvalue weighted by atomic mass is 9.86. The van der Waals surface area contributed by atoms with Gasteiger partial charge in [-0.05, 0) is 42.7 Å². The van der Waals surface area contributed by atoms with Crippen LogP contribution in [0.25, 0.3) is 10.9 Å². The molecule has 172 valence electrons. The average molecular weight is 448 g/mol. The van der Waals surface area contributed by atoms with Crippen molar-refractivity contribution in [2.45, 2.75) is 38.8 Å². The highest BCUT2D eigenvalue weighted by atomic mass is 16.5. The Labute approximate surface area is 193 Å². The molecule has 7 heteroatoms. The number of benzene rings is 2. The fourth-order valence-electron chi connectivity index (χ4n) is 5.26. The Balaban J connectivity index is 1.69. The number of amides is 2. The number of nitrogens with zero attached hydrogens (tertiary/aromatic N) is 2. The van der Waals surface area contributed by atoms with Gasteiger partial charge in [0.2, 0.25) is 11.8 Å². The highest BCUT2D eigenvalue weighted by Gasteiger charge is 2.48. The van der Waals surface area contributed by atoms with Crippen molar-refractivity contribution in [1.82, 2.24) is 14.8 Å². The van der Waals surface area contributed by atoms with Gasteiger partial charge < -0.3 is 24.3 Å². The molecule has 0 bridgehead atoms. The summed E-state index contributed by atoms with van der Waals surface area (Å²) in [5.74, 6) is 1.26. The van der Waals surface area contributed by atoms with Crippen LogP contribution in [0.4, 0.5) is 0 Å². The Morgan fingerprint density at radius 1 is 1.09 bits per heavy atom. The van der Waals surface area contributed by atoms with Crippen molar-refractivity contribution in [3.63, 3.8) is 0 Å². The van der Waals surface area contributed by atoms with Gasteiger partial charge in [-0.3, -0.25) is 9.59 Å². The minimum absolute atomic E-state index is 0.0234. The van der Waals surface area contributed by atoms with E-state index >= 15 is 0 Å². The molecule has 5 rings (SSSR count). The van der Waals surface area contributed by atoms with E-state index < -0.39 is 12.1 Å². The zero-order valence-corrected chi connectivity index (χ0v) is 19.3. The standard InChI is InChI=1S/C26H29N3O4/c1-4-12-28-15-23(30)29-20(26(28)31)14-18-17-8-6-7-9-19(17)27-24(18)25(29)16-10-11-21(33-5-2)22(13-16)32-3/h6-11,13,20,25,27H,4-5,12,14-15H2,1-3H3/t20-,25-/m0/s1. The third-order valence-corrected chi connectivity index (χ3v) is 6.64. The molecular weight excluding hydrogens is 418 g/mol. The number of carbonyl (C=O) groups is 2. The number of carbonyl (C=O) groups excluding carboxylic acids is 2. The van der Waals surface area contributed by atoms with E-state index in [1.54, 1.807) is 16.9 Å². The van der Waals surface area contributed by atoms with E-state index in [9.17, 15) is 9.59 Å². The topological polar surface area (TPSA) is 74.9 Å². The van der Waals surface area contributed by atoms with Gasteiger partial charge in [0.25, 0.3) is 0 Å². The maximum absolute atomic E-state index is 13.5. The van der Waals surface area contributed by atoms with Crippen molar-refractivity contribution in [1.29, 1.82) is 0 Å². The van der Waals surface area contributed by atoms with Gasteiger partial charge in [-0.1, -0.05) is 31.2 Å². The van der Waals surface area contributed by atoms with Gasteiger partial charge in [-0.15, -0.1) is 0 Å². The van der Waals surface area contributed by atoms with Crippen molar-refractivity contribution in [3.8, 4) is 11.5 Å². The summed E-state index contributed by atoms with van der Waals surface area (Å²) in [6, 6.07) is 13.0. The van der Waals surface area contributed by atoms with Crippen molar-refractivity contribution in [3.05, 3.63) is 59.3 Å². The number of hydrogen-bond acceptors (Lipinski definition) is 4. The van der Waals surface area contributed by atoms with E-state index in [2.05, 4.69) is 11.1 Å². The van der Waals surface area contributed by atoms with Crippen molar-refractivity contribution < 1.29 is 19.1 Å². The molecule has 2 aliphatic heterocycles. The second kappa shape index (κ2) is 8.46. The number of piperazine rings is 1. The Bertz CT molecular complexity index is 1220. The maximum atomic E-state index is 13.5. The predicted octanol–water partition coefficient (Wildman–Crippen LogP) is 3.67. The quantitative estimate of drug-likeness (QED) is 0.626. The van der Waals surface area contributed by atoms with Crippen molar-refractivity contribution in [2.24, 2.45) is 0 Å². The van der Waals surface area contributed by atoms with E-state index in [4.69, 9.17) is 9.47 Å². The summed E-state index contributed by atoms with van der Waals surface area (Å²) >= 11 is 0. The summed E-state index contributed by atoms with van der Waals surface area (Å²) in [5.41, 5.74) is 3.96. The molecule has 2 amide bonds. The summed E-state index contributed by atoms with van der Waals surface area (Å²) in [4.78, 5) is 34.0. The van der Waals surface area contributed by atoms with E-state index in [0.717, 1.165) is 34.1 Å². The summed E-state index contributed by atoms with van der Waals surface area (Å²) in [6.07, 6.45) is 1.33. The molecule has 0 spiro atoms. The fraction of sp³-hybridized carbons (Fsp3) is 0.385. The molecule has 33 heavy (non-hydrogen) atoms. The Morgan fingerprint density at radius 2 is 1.91 bits per heavy atom. The lowest BCUT2D eigenvalue weighted by Gasteiger charge is -2.47. The molecule has 1 N–H and O–H groups in total. The molecule has 7 nitrogen and oxygen atoms in total. The highest BCUT2D eigenvalue weighted by molar-refractivity contribution is 5.97. The smallest absolute Gasteiger partial charge is 0.246 e. The zero-order valence-electron chi connectivity index (χ0n) is 19.3. The fourth-order valence-corrected chi connectivity index (χ4v) is 5.26. The minimum atomic E-state index is -0.521. The van der Waals surface area contributed by atoms with Gasteiger partial charge in [0.15, 0.2) is 11.5 Å². The molecule has 0 unspecified atom stereocenters. The molecule has 3 aromatic rings. The summed E-state index contributed by atoms with van der Waals surface area (Å²) in [6.45, 7) is 5.19. The monoisotopic (exact) mass is 447 g/mol. The lowest BCUT2D eigenvalue weighted by Crippen LogP contribution is -2.63. The second-order valence-electron chi connectivity index (χ2n) is 8.59. The molecule has 1 fully saturated rings. The number of methoxy groups -OCH3 is 1. The third kappa shape index (κ3) is 3.43. The van der Waals surface area contributed by atoms with Crippen LogP contribution in [0.3, 0.4) is 0 Å². The van der Waals surface area contributed by atoms with E-state index in [1.165, 1.54) is 0 Å². The first-order valence-electron chi connectivity index (χ1n) is 11.6. The first-order valence-corrected chi connectivity index (χ1v) is 11.6. The number of para-hydroxylation sites is 1. The maximum Gasteiger partial charge on any atom is 0.246 e. The number of aromatic amines is 1. The van der Waals surface area contributed by atoms with Crippen molar-refractivity contribution >= 4 is 22.7 Å². The van der Waals surface area contributed by atoms with Gasteiger partial charge in [0.1, 0.15) is 6.04 Å². The van der Waals surface area contributed by atoms with Crippen LogP contribution >= 0.6 is 0 Å². The van der Waals surface area contributed by atoms with E-state index in [-0.39, 0.29) is 18.4 Å². The van der Waals surface area contributed by atoms with Crippen LogP contribution in [0.15, 0.2) is 42.5 Å². The minimum Gasteiger partial charge on any atom is -0.493 e. The van der Waals surface area contributed by atoms with Crippen LogP contribution in [0, 0.1) is 0 Å². The molecule has 1 saturated heterocycles. The summed E-state index contributed by atoms with van der Waals surface area (Å²) in [5, 5.41) is 1.10. The molecule has 1 aromatic heterocycles. The van der Waals surface area contributed by atoms with Crippen LogP contribution in [0.1, 0.15) is 43.1 Å². The summed E-state index contributed by atoms with van der Waals surface area (Å²) in [7, 11) is 1.61. The number of hydrogen-bond donors (Lipinski definition) is 1. The molecule has 0 aliphatic carbocycles. The number of fused-ring (bicyclic) bond motifs is 4. The van der Waals surface area contributed by atoms with Crippen LogP contribution in [0.5, 0.6) is 11.5 Å². The third-order valence-electron chi connectivity index (χ3n) is 6.64. The largest absolute Gasteiger partial charge is 0.493 e. The normalized spacial score (nSPS) is 20.1. The zero-order chi connectivity index (χ0) is 23.1. The molecular formula is C26H29N3O4. The van der Waals surface area contributed by atoms with Gasteiger partial charge in [0, 0.05) is 29.6 Å². The molecule has 3 heterocycles. The van der Waals surface area contributed by atoms with Gasteiger partial charge >= 0.3 is 0 Å². The van der Waals surface area contributed by atoms with Crippen LogP contribution in [-0.2, 0) is 16.0 Å². The first kappa shape index (κ1) is 21.4. The second-order valence-corrected chi connectivity index (χ2v) is 8.59. The SMILES string of the molecule is CCCN1CC(=O)N2[C@@H](c3ccc(OCC)c(OC)c3)c3[nH]c4ccccc4c3C[C@H]2C1=O. The predicted molar refractivity (Wildman–Crippen MR) is 126 cm³/mol. The molecule has 0 saturated carbocycles. The Kier molecular flexibility index (Phi) is 5.48. The first-order chi connectivity index (χ1) is 16.1. The average Bonchev–Trinajstić information content (AvgIpc) is 3.20. The molecule has 0 radical (unpaired) electrons. The lowest BCUT2D eigenvalue weighted by molar-refractivity contribution is -0.158. The highest BCUT2D eigenvalue weighted by Crippen LogP contribution is 2.44. The van der Waals surface area contributed by atoms with Crippen LogP contribution in [-0.4, -0.2) is 59.4 Å². The van der Waals surface area contributed by atoms with Gasteiger partial charge in [0.05, 0.1) is 26.3 Å². The number of H-pyrrole nitrogens is 1.